The minimum atomic E-state index is -0.273. The van der Waals surface area contributed by atoms with Gasteiger partial charge in [-0.25, -0.2) is 4.98 Å². The molecule has 0 unspecified atom stereocenters. The summed E-state index contributed by atoms with van der Waals surface area (Å²) in [7, 11) is 0. The first-order valence-electron chi connectivity index (χ1n) is 9.36. The van der Waals surface area contributed by atoms with Crippen LogP contribution in [0.4, 0.5) is 5.69 Å². The summed E-state index contributed by atoms with van der Waals surface area (Å²) in [5.74, 6) is 1.31. The van der Waals surface area contributed by atoms with E-state index in [0.29, 0.717) is 39.2 Å². The number of rotatable bonds is 3. The highest BCUT2D eigenvalue weighted by molar-refractivity contribution is 6.33. The van der Waals surface area contributed by atoms with Gasteiger partial charge in [-0.05, 0) is 67.4 Å². The number of halogens is 1. The average molecular weight is 421 g/mol. The van der Waals surface area contributed by atoms with E-state index in [4.69, 9.17) is 25.5 Å². The van der Waals surface area contributed by atoms with Gasteiger partial charge < -0.3 is 19.2 Å². The fraction of sp³-hybridized carbons (Fsp3) is 0.130. The molecule has 0 atom stereocenters. The van der Waals surface area contributed by atoms with Crippen LogP contribution in [0.15, 0.2) is 52.9 Å². The lowest BCUT2D eigenvalue weighted by atomic mass is 10.1. The summed E-state index contributed by atoms with van der Waals surface area (Å²) in [4.78, 5) is 17.3. The number of carbonyl (C=O) groups excluding carboxylic acids is 1. The lowest BCUT2D eigenvalue weighted by molar-refractivity contribution is 0.102. The Bertz CT molecular complexity index is 1310. The monoisotopic (exact) mass is 420 g/mol. The van der Waals surface area contributed by atoms with Gasteiger partial charge in [0.05, 0.1) is 10.6 Å². The van der Waals surface area contributed by atoms with Crippen LogP contribution in [0.5, 0.6) is 11.5 Å². The van der Waals surface area contributed by atoms with Crippen molar-refractivity contribution in [3.63, 3.8) is 0 Å². The van der Waals surface area contributed by atoms with Crippen molar-refractivity contribution in [3.8, 4) is 23.0 Å². The molecule has 0 radical (unpaired) electrons. The maximum atomic E-state index is 12.7. The number of nitrogens with one attached hydrogen (secondary N) is 1. The minimum absolute atomic E-state index is 0.157. The van der Waals surface area contributed by atoms with E-state index < -0.39 is 0 Å². The van der Waals surface area contributed by atoms with Crippen molar-refractivity contribution < 1.29 is 18.7 Å². The zero-order chi connectivity index (χ0) is 20.8. The van der Waals surface area contributed by atoms with Crippen molar-refractivity contribution >= 4 is 34.3 Å². The lowest BCUT2D eigenvalue weighted by Crippen LogP contribution is -2.11. The van der Waals surface area contributed by atoms with E-state index in [9.17, 15) is 4.79 Å². The van der Waals surface area contributed by atoms with Gasteiger partial charge in [0, 0.05) is 11.3 Å². The summed E-state index contributed by atoms with van der Waals surface area (Å²) in [6.07, 6.45) is 0. The van der Waals surface area contributed by atoms with Crippen LogP contribution < -0.4 is 14.8 Å². The van der Waals surface area contributed by atoms with Crippen LogP contribution in [0.2, 0.25) is 5.02 Å². The van der Waals surface area contributed by atoms with Crippen LogP contribution in [0.1, 0.15) is 21.5 Å². The molecule has 1 aromatic heterocycles. The van der Waals surface area contributed by atoms with Gasteiger partial charge in [-0.2, -0.15) is 0 Å². The van der Waals surface area contributed by atoms with Crippen molar-refractivity contribution in [2.45, 2.75) is 13.8 Å². The van der Waals surface area contributed by atoms with Crippen LogP contribution in [0, 0.1) is 13.8 Å². The van der Waals surface area contributed by atoms with Gasteiger partial charge in [0.25, 0.3) is 5.91 Å². The summed E-state index contributed by atoms with van der Waals surface area (Å²) in [6.45, 7) is 4.15. The first-order chi connectivity index (χ1) is 14.5. The Kier molecular flexibility index (Phi) is 4.37. The summed E-state index contributed by atoms with van der Waals surface area (Å²) in [6, 6.07) is 14.3. The molecule has 3 aromatic carbocycles. The number of hydrogen-bond acceptors (Lipinski definition) is 5. The van der Waals surface area contributed by atoms with Gasteiger partial charge in [-0.15, -0.1) is 0 Å². The molecule has 5 rings (SSSR count). The zero-order valence-corrected chi connectivity index (χ0v) is 17.0. The molecule has 0 bridgehead atoms. The van der Waals surface area contributed by atoms with Crippen molar-refractivity contribution in [2.75, 3.05) is 12.1 Å². The quantitative estimate of drug-likeness (QED) is 0.457. The number of nitrogens with zero attached hydrogens (tertiary/aromatic N) is 1. The van der Waals surface area contributed by atoms with E-state index >= 15 is 0 Å². The van der Waals surface area contributed by atoms with Gasteiger partial charge in [-0.3, -0.25) is 4.79 Å². The third-order valence-corrected chi connectivity index (χ3v) is 5.24. The maximum absolute atomic E-state index is 12.7. The number of carbonyl (C=O) groups is 1. The number of amides is 1. The molecular formula is C23H17ClN2O4. The maximum Gasteiger partial charge on any atom is 0.255 e. The number of benzene rings is 3. The molecule has 0 saturated heterocycles. The molecule has 1 aliphatic heterocycles. The molecular weight excluding hydrogens is 404 g/mol. The van der Waals surface area contributed by atoms with Crippen LogP contribution in [-0.4, -0.2) is 17.7 Å². The smallest absolute Gasteiger partial charge is 0.255 e. The van der Waals surface area contributed by atoms with Gasteiger partial charge >= 0.3 is 0 Å². The van der Waals surface area contributed by atoms with E-state index in [-0.39, 0.29) is 12.7 Å². The highest BCUT2D eigenvalue weighted by Crippen LogP contribution is 2.35. The van der Waals surface area contributed by atoms with Crippen LogP contribution in [0.3, 0.4) is 0 Å². The predicted molar refractivity (Wildman–Crippen MR) is 114 cm³/mol. The van der Waals surface area contributed by atoms with E-state index in [2.05, 4.69) is 10.3 Å². The normalized spacial score (nSPS) is 12.4. The molecule has 1 amide bonds. The molecule has 1 N–H and O–H groups in total. The first-order valence-corrected chi connectivity index (χ1v) is 9.74. The van der Waals surface area contributed by atoms with Gasteiger partial charge in [0.2, 0.25) is 12.7 Å². The highest BCUT2D eigenvalue weighted by atomic mass is 35.5. The van der Waals surface area contributed by atoms with E-state index in [1.165, 1.54) is 0 Å². The van der Waals surface area contributed by atoms with Gasteiger partial charge in [0.15, 0.2) is 17.1 Å². The van der Waals surface area contributed by atoms with E-state index in [1.54, 1.807) is 36.4 Å². The zero-order valence-electron chi connectivity index (χ0n) is 16.3. The summed E-state index contributed by atoms with van der Waals surface area (Å²) in [5.41, 5.74) is 5.25. The molecule has 4 aromatic rings. The van der Waals surface area contributed by atoms with Crippen LogP contribution >= 0.6 is 11.6 Å². The first kappa shape index (κ1) is 18.5. The van der Waals surface area contributed by atoms with Crippen molar-refractivity contribution in [1.29, 1.82) is 0 Å². The Morgan fingerprint density at radius 1 is 1.03 bits per heavy atom. The average Bonchev–Trinajstić information content (AvgIpc) is 3.35. The Labute approximate surface area is 177 Å². The van der Waals surface area contributed by atoms with Crippen LogP contribution in [-0.2, 0) is 0 Å². The summed E-state index contributed by atoms with van der Waals surface area (Å²) >= 11 is 6.40. The second-order valence-electron chi connectivity index (χ2n) is 7.17. The molecule has 0 aliphatic carbocycles. The SMILES string of the molecule is Cc1cc(C)c2oc(-c3cc(NC(=O)c4ccc5c(c4)OCO5)ccc3Cl)nc2c1. The molecule has 0 fully saturated rings. The van der Waals surface area contributed by atoms with Crippen LogP contribution in [0.25, 0.3) is 22.6 Å². The van der Waals surface area contributed by atoms with Crippen molar-refractivity contribution in [2.24, 2.45) is 0 Å². The van der Waals surface area contributed by atoms with Crippen molar-refractivity contribution in [3.05, 3.63) is 70.2 Å². The third-order valence-electron chi connectivity index (χ3n) is 4.91. The summed E-state index contributed by atoms with van der Waals surface area (Å²) in [5, 5.41) is 3.36. The molecule has 7 heteroatoms. The van der Waals surface area contributed by atoms with E-state index in [0.717, 1.165) is 22.2 Å². The molecule has 150 valence electrons. The number of oxazole rings is 1. The lowest BCUT2D eigenvalue weighted by Gasteiger charge is -2.08. The molecule has 1 aliphatic rings. The predicted octanol–water partition coefficient (Wildman–Crippen LogP) is 5.75. The molecule has 0 spiro atoms. The number of anilines is 1. The summed E-state index contributed by atoms with van der Waals surface area (Å²) < 4.78 is 16.6. The Morgan fingerprint density at radius 3 is 2.73 bits per heavy atom. The molecule has 0 saturated carbocycles. The molecule has 2 heterocycles. The Morgan fingerprint density at radius 2 is 1.87 bits per heavy atom. The van der Waals surface area contributed by atoms with Gasteiger partial charge in [-0.1, -0.05) is 17.7 Å². The third kappa shape index (κ3) is 3.25. The topological polar surface area (TPSA) is 73.6 Å². The number of aryl methyl sites for hydroxylation is 2. The second-order valence-corrected chi connectivity index (χ2v) is 7.57. The fourth-order valence-electron chi connectivity index (χ4n) is 3.50. The molecule has 6 nitrogen and oxygen atoms in total. The second kappa shape index (κ2) is 7.07. The highest BCUT2D eigenvalue weighted by Gasteiger charge is 2.18. The van der Waals surface area contributed by atoms with Gasteiger partial charge in [0.1, 0.15) is 5.52 Å². The van der Waals surface area contributed by atoms with E-state index in [1.807, 2.05) is 26.0 Å². The number of hydrogen-bond donors (Lipinski definition) is 1. The number of ether oxygens (including phenoxy) is 2. The minimum Gasteiger partial charge on any atom is -0.454 e. The number of fused-ring (bicyclic) bond motifs is 2. The largest absolute Gasteiger partial charge is 0.454 e. The Balaban J connectivity index is 1.46. The fourth-order valence-corrected chi connectivity index (χ4v) is 3.70. The number of aromatic nitrogens is 1. The Hall–Kier alpha value is -3.51. The van der Waals surface area contributed by atoms with Crippen molar-refractivity contribution in [1.82, 2.24) is 4.98 Å². The molecule has 30 heavy (non-hydrogen) atoms. The standard InChI is InChI=1S/C23H17ClN2O4/c1-12-7-13(2)21-18(8-12)26-23(30-21)16-10-15(4-5-17(16)24)25-22(27)14-3-6-19-20(9-14)29-11-28-19/h3-10H,11H2,1-2H3,(H,25,27).